The van der Waals surface area contributed by atoms with E-state index in [1.807, 2.05) is 0 Å². The molecule has 0 radical (unpaired) electrons. The minimum absolute atomic E-state index is 0.241. The van der Waals surface area contributed by atoms with E-state index in [9.17, 15) is 5.11 Å². The summed E-state index contributed by atoms with van der Waals surface area (Å²) in [4.78, 5) is 0. The molecule has 1 nitrogen and oxygen atoms in total. The molecule has 0 aromatic heterocycles. The van der Waals surface area contributed by atoms with Crippen LogP contribution in [0.2, 0.25) is 0 Å². The summed E-state index contributed by atoms with van der Waals surface area (Å²) in [5.74, 6) is 0. The molecule has 1 aliphatic carbocycles. The minimum atomic E-state index is -0.310. The predicted molar refractivity (Wildman–Crippen MR) is 65.8 cm³/mol. The topological polar surface area (TPSA) is 20.2 Å². The van der Waals surface area contributed by atoms with Gasteiger partial charge in [0.05, 0.1) is 6.10 Å². The Bertz CT molecular complexity index is 371. The van der Waals surface area contributed by atoms with Crippen molar-refractivity contribution < 1.29 is 5.11 Å². The largest absolute Gasteiger partial charge is 0.388 e. The van der Waals surface area contributed by atoms with Crippen LogP contribution in [0.5, 0.6) is 0 Å². The highest BCUT2D eigenvalue weighted by atomic mass is 79.9. The molecular formula is C13H17BrO. The van der Waals surface area contributed by atoms with E-state index in [4.69, 9.17) is 0 Å². The first-order valence-corrected chi connectivity index (χ1v) is 6.24. The molecule has 2 rings (SSSR count). The van der Waals surface area contributed by atoms with E-state index in [0.29, 0.717) is 0 Å². The smallest absolute Gasteiger partial charge is 0.0798 e. The number of fused-ring (bicyclic) bond motifs is 1. The molecule has 1 aromatic carbocycles. The third-order valence-electron chi connectivity index (χ3n) is 3.28. The molecule has 1 atom stereocenters. The maximum Gasteiger partial charge on any atom is 0.0798 e. The number of benzene rings is 1. The summed E-state index contributed by atoms with van der Waals surface area (Å²) in [6.07, 6.45) is 2.77. The fourth-order valence-electron chi connectivity index (χ4n) is 2.31. The normalized spacial score (nSPS) is 24.4. The highest BCUT2D eigenvalue weighted by Gasteiger charge is 2.28. The molecule has 0 saturated carbocycles. The first kappa shape index (κ1) is 11.2. The summed E-state index contributed by atoms with van der Waals surface area (Å²) in [5.41, 5.74) is 2.65. The third kappa shape index (κ3) is 2.43. The number of aryl methyl sites for hydroxylation is 1. The van der Waals surface area contributed by atoms with E-state index in [1.54, 1.807) is 0 Å². The zero-order valence-electron chi connectivity index (χ0n) is 9.26. The lowest BCUT2D eigenvalue weighted by Crippen LogP contribution is -2.13. The maximum absolute atomic E-state index is 10.2. The monoisotopic (exact) mass is 268 g/mol. The molecule has 1 N–H and O–H groups in total. The molecule has 0 aliphatic heterocycles. The van der Waals surface area contributed by atoms with Gasteiger partial charge in [0.2, 0.25) is 0 Å². The fourth-order valence-corrected chi connectivity index (χ4v) is 2.69. The second kappa shape index (κ2) is 3.91. The van der Waals surface area contributed by atoms with E-state index < -0.39 is 0 Å². The zero-order valence-corrected chi connectivity index (χ0v) is 10.8. The molecule has 0 amide bonds. The second-order valence-electron chi connectivity index (χ2n) is 5.23. The fraction of sp³-hybridized carbons (Fsp3) is 0.538. The van der Waals surface area contributed by atoms with Crippen molar-refractivity contribution in [3.05, 3.63) is 33.8 Å². The van der Waals surface area contributed by atoms with E-state index in [0.717, 1.165) is 29.3 Å². The van der Waals surface area contributed by atoms with Crippen molar-refractivity contribution in [2.45, 2.75) is 39.2 Å². The summed E-state index contributed by atoms with van der Waals surface area (Å²) in [6.45, 7) is 4.47. The van der Waals surface area contributed by atoms with Crippen LogP contribution in [-0.2, 0) is 6.42 Å². The SMILES string of the molecule is CC1(C)CCc2ccc(Br)cc2C(O)C1. The molecule has 15 heavy (non-hydrogen) atoms. The van der Waals surface area contributed by atoms with Crippen LogP contribution < -0.4 is 0 Å². The van der Waals surface area contributed by atoms with Crippen LogP contribution in [0.25, 0.3) is 0 Å². The van der Waals surface area contributed by atoms with Gasteiger partial charge in [0.1, 0.15) is 0 Å². The van der Waals surface area contributed by atoms with Gasteiger partial charge in [-0.25, -0.2) is 0 Å². The van der Waals surface area contributed by atoms with Gasteiger partial charge in [0.25, 0.3) is 0 Å². The highest BCUT2D eigenvalue weighted by Crippen LogP contribution is 2.39. The van der Waals surface area contributed by atoms with Crippen molar-refractivity contribution in [2.75, 3.05) is 0 Å². The van der Waals surface area contributed by atoms with Crippen LogP contribution in [0.1, 0.15) is 43.9 Å². The Balaban J connectivity index is 2.40. The molecule has 0 heterocycles. The van der Waals surface area contributed by atoms with Gasteiger partial charge in [0.15, 0.2) is 0 Å². The molecule has 0 fully saturated rings. The lowest BCUT2D eigenvalue weighted by Gasteiger charge is -2.24. The maximum atomic E-state index is 10.2. The first-order valence-electron chi connectivity index (χ1n) is 5.44. The summed E-state index contributed by atoms with van der Waals surface area (Å²) < 4.78 is 1.06. The molecular weight excluding hydrogens is 252 g/mol. The summed E-state index contributed by atoms with van der Waals surface area (Å²) in [5, 5.41) is 10.2. The average Bonchev–Trinajstić information content (AvgIpc) is 2.24. The molecule has 0 spiro atoms. The lowest BCUT2D eigenvalue weighted by atomic mass is 9.84. The van der Waals surface area contributed by atoms with Crippen molar-refractivity contribution in [3.63, 3.8) is 0 Å². The van der Waals surface area contributed by atoms with Gasteiger partial charge in [-0.1, -0.05) is 35.8 Å². The van der Waals surface area contributed by atoms with Gasteiger partial charge in [-0.3, -0.25) is 0 Å². The van der Waals surface area contributed by atoms with Gasteiger partial charge < -0.3 is 5.11 Å². The molecule has 1 aliphatic rings. The summed E-state index contributed by atoms with van der Waals surface area (Å²) in [6, 6.07) is 6.25. The molecule has 0 bridgehead atoms. The van der Waals surface area contributed by atoms with Gasteiger partial charge in [-0.15, -0.1) is 0 Å². The standard InChI is InChI=1S/C13H17BrO/c1-13(2)6-5-9-3-4-10(14)7-11(9)12(15)8-13/h3-4,7,12,15H,5-6,8H2,1-2H3. The quantitative estimate of drug-likeness (QED) is 0.709. The number of halogens is 1. The summed E-state index contributed by atoms with van der Waals surface area (Å²) in [7, 11) is 0. The summed E-state index contributed by atoms with van der Waals surface area (Å²) >= 11 is 3.46. The Morgan fingerprint density at radius 1 is 1.40 bits per heavy atom. The van der Waals surface area contributed by atoms with E-state index in [1.165, 1.54) is 5.56 Å². The van der Waals surface area contributed by atoms with E-state index >= 15 is 0 Å². The Labute approximate surface area is 99.6 Å². The Hall–Kier alpha value is -0.340. The molecule has 2 heteroatoms. The van der Waals surface area contributed by atoms with Crippen LogP contribution in [0.4, 0.5) is 0 Å². The number of aliphatic hydroxyl groups is 1. The van der Waals surface area contributed by atoms with Crippen LogP contribution in [0.15, 0.2) is 22.7 Å². The number of rotatable bonds is 0. The Morgan fingerprint density at radius 2 is 2.13 bits per heavy atom. The molecule has 1 unspecified atom stereocenters. The second-order valence-corrected chi connectivity index (χ2v) is 6.14. The van der Waals surface area contributed by atoms with E-state index in [2.05, 4.69) is 48.0 Å². The van der Waals surface area contributed by atoms with Gasteiger partial charge in [-0.05, 0) is 47.9 Å². The van der Waals surface area contributed by atoms with Crippen LogP contribution in [-0.4, -0.2) is 5.11 Å². The molecule has 1 aromatic rings. The molecule has 0 saturated heterocycles. The van der Waals surface area contributed by atoms with Crippen LogP contribution in [0, 0.1) is 5.41 Å². The van der Waals surface area contributed by atoms with Crippen molar-refractivity contribution in [3.8, 4) is 0 Å². The average molecular weight is 269 g/mol. The lowest BCUT2D eigenvalue weighted by molar-refractivity contribution is 0.116. The number of aliphatic hydroxyl groups excluding tert-OH is 1. The number of hydrogen-bond acceptors (Lipinski definition) is 1. The minimum Gasteiger partial charge on any atom is -0.388 e. The van der Waals surface area contributed by atoms with Crippen LogP contribution in [0.3, 0.4) is 0 Å². The van der Waals surface area contributed by atoms with Gasteiger partial charge in [0, 0.05) is 4.47 Å². The van der Waals surface area contributed by atoms with Crippen molar-refractivity contribution in [1.29, 1.82) is 0 Å². The predicted octanol–water partition coefficient (Wildman–Crippen LogP) is 3.85. The van der Waals surface area contributed by atoms with E-state index in [-0.39, 0.29) is 11.5 Å². The zero-order chi connectivity index (χ0) is 11.1. The van der Waals surface area contributed by atoms with Crippen molar-refractivity contribution >= 4 is 15.9 Å². The highest BCUT2D eigenvalue weighted by molar-refractivity contribution is 9.10. The van der Waals surface area contributed by atoms with Gasteiger partial charge >= 0.3 is 0 Å². The first-order chi connectivity index (χ1) is 6.98. The van der Waals surface area contributed by atoms with Crippen molar-refractivity contribution in [1.82, 2.24) is 0 Å². The Morgan fingerprint density at radius 3 is 2.87 bits per heavy atom. The van der Waals surface area contributed by atoms with Crippen LogP contribution >= 0.6 is 15.9 Å². The van der Waals surface area contributed by atoms with Gasteiger partial charge in [-0.2, -0.15) is 0 Å². The third-order valence-corrected chi connectivity index (χ3v) is 3.78. The number of hydrogen-bond donors (Lipinski definition) is 1. The Kier molecular flexibility index (Phi) is 2.91. The van der Waals surface area contributed by atoms with Crippen molar-refractivity contribution in [2.24, 2.45) is 5.41 Å². The molecule has 82 valence electrons.